The van der Waals surface area contributed by atoms with E-state index in [0.717, 1.165) is 31.1 Å². The number of fused-ring (bicyclic) bond motifs is 3. The monoisotopic (exact) mass is 371 g/mol. The van der Waals surface area contributed by atoms with Crippen molar-refractivity contribution in [1.82, 2.24) is 4.90 Å². The van der Waals surface area contributed by atoms with Crippen LogP contribution in [0, 0.1) is 5.41 Å². The van der Waals surface area contributed by atoms with Crippen LogP contribution < -0.4 is 9.47 Å². The number of thioether (sulfide) groups is 1. The lowest BCUT2D eigenvalue weighted by molar-refractivity contribution is 0.0455. The van der Waals surface area contributed by atoms with E-state index >= 15 is 0 Å². The second kappa shape index (κ2) is 7.14. The molecule has 0 aliphatic carbocycles. The second-order valence-corrected chi connectivity index (χ2v) is 8.10. The van der Waals surface area contributed by atoms with E-state index in [1.807, 2.05) is 12.1 Å². The van der Waals surface area contributed by atoms with Crippen LogP contribution in [0.25, 0.3) is 0 Å². The maximum atomic E-state index is 10.2. The first-order valence-corrected chi connectivity index (χ1v) is 10.2. The van der Waals surface area contributed by atoms with Crippen LogP contribution in [0.4, 0.5) is 0 Å². The molecule has 26 heavy (non-hydrogen) atoms. The molecule has 0 spiro atoms. The summed E-state index contributed by atoms with van der Waals surface area (Å²) < 4.78 is 11.4. The Kier molecular flexibility index (Phi) is 4.86. The van der Waals surface area contributed by atoms with Gasteiger partial charge in [0.1, 0.15) is 11.5 Å². The molecule has 2 aliphatic rings. The van der Waals surface area contributed by atoms with E-state index in [-0.39, 0.29) is 17.9 Å². The van der Waals surface area contributed by atoms with Gasteiger partial charge in [-0.2, -0.15) is 0 Å². The van der Waals surface area contributed by atoms with Gasteiger partial charge in [0.2, 0.25) is 0 Å². The van der Waals surface area contributed by atoms with Crippen molar-refractivity contribution < 1.29 is 14.6 Å². The van der Waals surface area contributed by atoms with Crippen LogP contribution in [0.5, 0.6) is 11.5 Å². The van der Waals surface area contributed by atoms with Crippen molar-refractivity contribution in [3.8, 4) is 11.5 Å². The Bertz CT molecular complexity index is 797. The van der Waals surface area contributed by atoms with E-state index in [1.54, 1.807) is 18.9 Å². The maximum absolute atomic E-state index is 10.2. The van der Waals surface area contributed by atoms with Gasteiger partial charge in [0, 0.05) is 41.9 Å². The molecular formula is C21H25NO3S. The smallest absolute Gasteiger partial charge is 0.126 e. The summed E-state index contributed by atoms with van der Waals surface area (Å²) in [4.78, 5) is 3.78. The molecule has 1 N–H and O–H groups in total. The molecule has 2 aromatic rings. The normalized spacial score (nSPS) is 24.7. The van der Waals surface area contributed by atoms with Crippen molar-refractivity contribution in [2.24, 2.45) is 5.41 Å². The lowest BCUT2D eigenvalue weighted by Crippen LogP contribution is -2.42. The number of aliphatic hydroxyl groups excluding tert-OH is 1. The summed E-state index contributed by atoms with van der Waals surface area (Å²) >= 11 is 1.79. The van der Waals surface area contributed by atoms with Crippen molar-refractivity contribution in [2.45, 2.75) is 17.4 Å². The summed E-state index contributed by atoms with van der Waals surface area (Å²) in [5, 5.41) is 10.2. The minimum atomic E-state index is -0.226. The van der Waals surface area contributed by atoms with Crippen LogP contribution in [0.2, 0.25) is 0 Å². The highest BCUT2D eigenvalue weighted by Gasteiger charge is 2.50. The molecule has 0 aromatic heterocycles. The Morgan fingerprint density at radius 2 is 2.15 bits per heavy atom. The summed E-state index contributed by atoms with van der Waals surface area (Å²) in [6, 6.07) is 14.6. The first kappa shape index (κ1) is 17.7. The van der Waals surface area contributed by atoms with Crippen LogP contribution in [-0.4, -0.2) is 49.7 Å². The van der Waals surface area contributed by atoms with E-state index in [9.17, 15) is 5.11 Å². The van der Waals surface area contributed by atoms with E-state index < -0.39 is 0 Å². The maximum Gasteiger partial charge on any atom is 0.126 e. The SMILES string of the molecule is COc1ccc2c(c1)OC[C@]1(CO)CN(Cc3ccccc3SC)C[C@H]21. The molecule has 1 fully saturated rings. The Morgan fingerprint density at radius 1 is 1.31 bits per heavy atom. The summed E-state index contributed by atoms with van der Waals surface area (Å²) in [6.07, 6.45) is 2.12. The molecule has 4 nitrogen and oxygen atoms in total. The third kappa shape index (κ3) is 2.98. The number of nitrogens with zero attached hydrogens (tertiary/aromatic N) is 1. The van der Waals surface area contributed by atoms with Crippen LogP contribution in [0.3, 0.4) is 0 Å². The van der Waals surface area contributed by atoms with Gasteiger partial charge in [0.05, 0.1) is 20.3 Å². The van der Waals surface area contributed by atoms with Gasteiger partial charge >= 0.3 is 0 Å². The highest BCUT2D eigenvalue weighted by Crippen LogP contribution is 2.50. The van der Waals surface area contributed by atoms with Crippen molar-refractivity contribution >= 4 is 11.8 Å². The number of rotatable bonds is 5. The van der Waals surface area contributed by atoms with Crippen LogP contribution in [0.1, 0.15) is 17.0 Å². The molecule has 0 saturated carbocycles. The fraction of sp³-hybridized carbons (Fsp3) is 0.429. The van der Waals surface area contributed by atoms with Crippen LogP contribution in [0.15, 0.2) is 47.4 Å². The minimum absolute atomic E-state index is 0.143. The number of hydrogen-bond acceptors (Lipinski definition) is 5. The fourth-order valence-electron chi connectivity index (χ4n) is 4.32. The first-order valence-electron chi connectivity index (χ1n) is 8.95. The molecular weight excluding hydrogens is 346 g/mol. The van der Waals surface area contributed by atoms with Gasteiger partial charge in [-0.05, 0) is 29.5 Å². The third-order valence-corrected chi connectivity index (χ3v) is 6.57. The molecule has 0 bridgehead atoms. The van der Waals surface area contributed by atoms with Crippen LogP contribution >= 0.6 is 11.8 Å². The van der Waals surface area contributed by atoms with Gasteiger partial charge in [-0.25, -0.2) is 0 Å². The third-order valence-electron chi connectivity index (χ3n) is 5.73. The molecule has 1 saturated heterocycles. The molecule has 2 aromatic carbocycles. The number of ether oxygens (including phenoxy) is 2. The van der Waals surface area contributed by atoms with E-state index in [4.69, 9.17) is 9.47 Å². The quantitative estimate of drug-likeness (QED) is 0.816. The predicted molar refractivity (Wildman–Crippen MR) is 104 cm³/mol. The molecule has 4 rings (SSSR count). The molecule has 0 unspecified atom stereocenters. The first-order chi connectivity index (χ1) is 12.7. The highest BCUT2D eigenvalue weighted by atomic mass is 32.2. The largest absolute Gasteiger partial charge is 0.497 e. The fourth-order valence-corrected chi connectivity index (χ4v) is 4.93. The van der Waals surface area contributed by atoms with Crippen molar-refractivity contribution in [2.75, 3.05) is 39.7 Å². The van der Waals surface area contributed by atoms with Crippen LogP contribution in [-0.2, 0) is 6.54 Å². The van der Waals surface area contributed by atoms with Crippen molar-refractivity contribution in [1.29, 1.82) is 0 Å². The van der Waals surface area contributed by atoms with Gasteiger partial charge in [-0.3, -0.25) is 4.90 Å². The van der Waals surface area contributed by atoms with Gasteiger partial charge in [0.25, 0.3) is 0 Å². The number of hydrogen-bond donors (Lipinski definition) is 1. The van der Waals surface area contributed by atoms with Gasteiger partial charge in [-0.1, -0.05) is 24.3 Å². The minimum Gasteiger partial charge on any atom is -0.497 e. The van der Waals surface area contributed by atoms with E-state index in [1.165, 1.54) is 16.0 Å². The number of benzene rings is 2. The molecule has 5 heteroatoms. The average Bonchev–Trinajstić information content (AvgIpc) is 3.07. The number of likely N-dealkylation sites (tertiary alicyclic amines) is 1. The van der Waals surface area contributed by atoms with Gasteiger partial charge in [0.15, 0.2) is 0 Å². The molecule has 2 aliphatic heterocycles. The number of methoxy groups -OCH3 is 1. The number of aliphatic hydroxyl groups is 1. The van der Waals surface area contributed by atoms with Crippen molar-refractivity contribution in [3.63, 3.8) is 0 Å². The Morgan fingerprint density at radius 3 is 2.92 bits per heavy atom. The summed E-state index contributed by atoms with van der Waals surface area (Å²) in [7, 11) is 1.67. The van der Waals surface area contributed by atoms with Gasteiger partial charge in [-0.15, -0.1) is 11.8 Å². The zero-order valence-electron chi connectivity index (χ0n) is 15.3. The van der Waals surface area contributed by atoms with E-state index in [0.29, 0.717) is 6.61 Å². The van der Waals surface area contributed by atoms with E-state index in [2.05, 4.69) is 41.5 Å². The molecule has 2 atom stereocenters. The Hall–Kier alpha value is -1.69. The van der Waals surface area contributed by atoms with Gasteiger partial charge < -0.3 is 14.6 Å². The zero-order chi connectivity index (χ0) is 18.1. The standard InChI is InChI=1S/C21H25NO3S/c1-24-16-7-8-17-18-11-22(10-15-5-3-4-6-20(15)26-2)12-21(18,13-23)14-25-19(17)9-16/h3-9,18,23H,10-14H2,1-2H3/t18-,21-/m1/s1. The Balaban J connectivity index is 1.61. The molecule has 2 heterocycles. The van der Waals surface area contributed by atoms with Crippen molar-refractivity contribution in [3.05, 3.63) is 53.6 Å². The molecule has 0 amide bonds. The lowest BCUT2D eigenvalue weighted by atomic mass is 9.74. The highest BCUT2D eigenvalue weighted by molar-refractivity contribution is 7.98. The predicted octanol–water partition coefficient (Wildman–Crippen LogP) is 3.39. The summed E-state index contributed by atoms with van der Waals surface area (Å²) in [5.41, 5.74) is 2.31. The lowest BCUT2D eigenvalue weighted by Gasteiger charge is -2.38. The molecule has 0 radical (unpaired) electrons. The summed E-state index contributed by atoms with van der Waals surface area (Å²) in [5.74, 6) is 1.98. The summed E-state index contributed by atoms with van der Waals surface area (Å²) in [6.45, 7) is 3.38. The second-order valence-electron chi connectivity index (χ2n) is 7.25. The molecule has 138 valence electrons. The zero-order valence-corrected chi connectivity index (χ0v) is 16.1. The Labute approximate surface area is 159 Å². The topological polar surface area (TPSA) is 41.9 Å². The average molecular weight is 372 g/mol.